The topological polar surface area (TPSA) is 277 Å². The Morgan fingerprint density at radius 2 is 1.15 bits per heavy atom. The fourth-order valence-electron chi connectivity index (χ4n) is 6.85. The van der Waals surface area contributed by atoms with E-state index in [1.165, 1.54) is 0 Å². The Kier molecular flexibility index (Phi) is 24.5. The summed E-state index contributed by atoms with van der Waals surface area (Å²) in [7, 11) is 0. The Morgan fingerprint density at radius 1 is 0.612 bits per heavy atom. The van der Waals surface area contributed by atoms with Crippen LogP contribution in [-0.2, 0) is 52.9 Å². The molecular formula is C49H69N7O11. The van der Waals surface area contributed by atoms with Crippen LogP contribution in [0.2, 0.25) is 0 Å². The number of benzene rings is 3. The van der Waals surface area contributed by atoms with Crippen LogP contribution >= 0.6 is 0 Å². The quantitative estimate of drug-likeness (QED) is 0.0433. The van der Waals surface area contributed by atoms with Crippen LogP contribution in [0, 0.1) is 0 Å². The summed E-state index contributed by atoms with van der Waals surface area (Å²) in [5, 5.41) is 37.5. The Morgan fingerprint density at radius 3 is 1.72 bits per heavy atom. The number of unbranched alkanes of at least 4 members (excludes halogenated alkanes) is 2. The van der Waals surface area contributed by atoms with Crippen molar-refractivity contribution in [2.24, 2.45) is 5.73 Å². The van der Waals surface area contributed by atoms with Gasteiger partial charge in [0.05, 0.1) is 18.2 Å². The monoisotopic (exact) mass is 932 g/mol. The van der Waals surface area contributed by atoms with E-state index < -0.39 is 71.7 Å². The van der Waals surface area contributed by atoms with Crippen molar-refractivity contribution in [3.8, 4) is 0 Å². The number of aliphatic carboxylic acids is 1. The number of aliphatic hydroxyl groups is 1. The average Bonchev–Trinajstić information content (AvgIpc) is 3.28. The lowest BCUT2D eigenvalue weighted by Gasteiger charge is -2.29. The standard InChI is InChI=1S/C49H69N7O11/c1-49(2,3)67-48(65)56-38(25-14-15-28-51-42(58)26-17-27-43(59)60)45(62)55-39(30-34-18-7-4-8-19-34)41(57)32-53-40(31-35-20-9-5-10-21-35)46(63)54-37(44(50)61)24-13-16-29-52-47(64)66-33-36-22-11-6-12-23-36/h4-12,18-23,37-41,53,57H,13-17,24-33H2,1-3H3,(H2,50,61)(H,51,58)(H,52,64)(H,54,63)(H,55,62)(H,56,65)(H,59,60)/t37-,38-,39-,40-,41?/m0/s1. The molecule has 3 aromatic rings. The Hall–Kier alpha value is -6.53. The number of aliphatic hydroxyl groups excluding tert-OH is 1. The highest BCUT2D eigenvalue weighted by atomic mass is 16.6. The van der Waals surface area contributed by atoms with Gasteiger partial charge in [-0.15, -0.1) is 0 Å². The number of hydrogen-bond donors (Lipinski definition) is 9. The number of rotatable bonds is 30. The van der Waals surface area contributed by atoms with Crippen molar-refractivity contribution in [2.45, 2.75) is 134 Å². The van der Waals surface area contributed by atoms with Gasteiger partial charge in [0.2, 0.25) is 23.6 Å². The molecule has 366 valence electrons. The molecule has 3 rings (SSSR count). The predicted octanol–water partition coefficient (Wildman–Crippen LogP) is 3.78. The van der Waals surface area contributed by atoms with E-state index in [0.29, 0.717) is 25.7 Å². The number of nitrogens with one attached hydrogen (secondary N) is 6. The first kappa shape index (κ1) is 54.8. The molecule has 0 aromatic heterocycles. The molecule has 0 saturated carbocycles. The number of carboxylic acid groups (broad SMARTS) is 1. The molecule has 0 aliphatic carbocycles. The summed E-state index contributed by atoms with van der Waals surface area (Å²) < 4.78 is 10.7. The van der Waals surface area contributed by atoms with Crippen molar-refractivity contribution in [1.82, 2.24) is 31.9 Å². The summed E-state index contributed by atoms with van der Waals surface area (Å²) in [4.78, 5) is 88.5. The summed E-state index contributed by atoms with van der Waals surface area (Å²) in [5.74, 6) is -3.13. The number of amides is 6. The number of carboxylic acids is 1. The third kappa shape index (κ3) is 24.0. The van der Waals surface area contributed by atoms with Gasteiger partial charge in [0.25, 0.3) is 0 Å². The minimum absolute atomic E-state index is 0.0690. The third-order valence-corrected chi connectivity index (χ3v) is 10.4. The van der Waals surface area contributed by atoms with Gasteiger partial charge in [0.1, 0.15) is 24.3 Å². The molecule has 0 bridgehead atoms. The second kappa shape index (κ2) is 29.9. The Balaban J connectivity index is 1.68. The van der Waals surface area contributed by atoms with Gasteiger partial charge in [0.15, 0.2) is 0 Å². The number of alkyl carbamates (subject to hydrolysis) is 2. The summed E-state index contributed by atoms with van der Waals surface area (Å²) in [6.45, 7) is 5.57. The minimum atomic E-state index is -1.27. The van der Waals surface area contributed by atoms with E-state index >= 15 is 0 Å². The van der Waals surface area contributed by atoms with Crippen molar-refractivity contribution >= 4 is 41.8 Å². The van der Waals surface area contributed by atoms with Gasteiger partial charge in [0, 0.05) is 32.5 Å². The molecule has 67 heavy (non-hydrogen) atoms. The van der Waals surface area contributed by atoms with Gasteiger partial charge >= 0.3 is 18.2 Å². The van der Waals surface area contributed by atoms with Crippen LogP contribution in [0.15, 0.2) is 91.0 Å². The number of carbonyl (C=O) groups excluding carboxylic acids is 6. The van der Waals surface area contributed by atoms with Crippen LogP contribution in [-0.4, -0.2) is 108 Å². The number of primary amides is 1. The van der Waals surface area contributed by atoms with Crippen LogP contribution < -0.4 is 37.6 Å². The van der Waals surface area contributed by atoms with E-state index in [1.807, 2.05) is 91.0 Å². The largest absolute Gasteiger partial charge is 0.481 e. The number of carbonyl (C=O) groups is 7. The van der Waals surface area contributed by atoms with Gasteiger partial charge in [-0.05, 0) is 95.2 Å². The van der Waals surface area contributed by atoms with Crippen molar-refractivity contribution in [1.29, 1.82) is 0 Å². The van der Waals surface area contributed by atoms with E-state index in [0.717, 1.165) is 16.7 Å². The highest BCUT2D eigenvalue weighted by Gasteiger charge is 2.31. The van der Waals surface area contributed by atoms with Gasteiger partial charge in [-0.2, -0.15) is 0 Å². The fraction of sp³-hybridized carbons (Fsp3) is 0.490. The molecule has 18 heteroatoms. The minimum Gasteiger partial charge on any atom is -0.481 e. The van der Waals surface area contributed by atoms with Gasteiger partial charge < -0.3 is 57.3 Å². The van der Waals surface area contributed by atoms with E-state index in [4.69, 9.17) is 20.3 Å². The molecular weight excluding hydrogens is 863 g/mol. The Bertz CT molecular complexity index is 1990. The van der Waals surface area contributed by atoms with E-state index in [-0.39, 0.29) is 77.1 Å². The average molecular weight is 932 g/mol. The summed E-state index contributed by atoms with van der Waals surface area (Å²) in [6.07, 6.45) is 0.00655. The van der Waals surface area contributed by atoms with Crippen molar-refractivity contribution in [2.75, 3.05) is 19.6 Å². The van der Waals surface area contributed by atoms with E-state index in [2.05, 4.69) is 31.9 Å². The maximum atomic E-state index is 14.0. The van der Waals surface area contributed by atoms with Crippen LogP contribution in [0.3, 0.4) is 0 Å². The maximum Gasteiger partial charge on any atom is 0.408 e. The van der Waals surface area contributed by atoms with Crippen LogP contribution in [0.4, 0.5) is 9.59 Å². The molecule has 0 fully saturated rings. The lowest BCUT2D eigenvalue weighted by molar-refractivity contribution is -0.137. The highest BCUT2D eigenvalue weighted by Crippen LogP contribution is 2.13. The molecule has 10 N–H and O–H groups in total. The van der Waals surface area contributed by atoms with E-state index in [9.17, 15) is 38.7 Å². The second-order valence-electron chi connectivity index (χ2n) is 17.3. The SMILES string of the molecule is CC(C)(C)OC(=O)N[C@@H](CCCCNC(=O)CCCC(=O)O)C(=O)N[C@@H](Cc1ccccc1)C(O)CN[C@@H](Cc1ccccc1)C(=O)N[C@@H](CCCCNC(=O)OCc1ccccc1)C(N)=O. The highest BCUT2D eigenvalue weighted by molar-refractivity contribution is 5.89. The molecule has 5 atom stereocenters. The first-order valence-corrected chi connectivity index (χ1v) is 22.8. The van der Waals surface area contributed by atoms with Crippen LogP contribution in [0.5, 0.6) is 0 Å². The third-order valence-electron chi connectivity index (χ3n) is 10.4. The smallest absolute Gasteiger partial charge is 0.408 e. The second-order valence-corrected chi connectivity index (χ2v) is 17.3. The number of ether oxygens (including phenoxy) is 2. The normalized spacial score (nSPS) is 13.4. The first-order chi connectivity index (χ1) is 32.0. The zero-order chi connectivity index (χ0) is 49.0. The first-order valence-electron chi connectivity index (χ1n) is 22.8. The summed E-state index contributed by atoms with van der Waals surface area (Å²) in [5.41, 5.74) is 7.32. The molecule has 3 aromatic carbocycles. The molecule has 0 spiro atoms. The lowest BCUT2D eigenvalue weighted by Crippen LogP contribution is -2.57. The molecule has 0 aliphatic heterocycles. The van der Waals surface area contributed by atoms with Crippen molar-refractivity contribution in [3.05, 3.63) is 108 Å². The molecule has 0 aliphatic rings. The van der Waals surface area contributed by atoms with Crippen molar-refractivity contribution in [3.63, 3.8) is 0 Å². The molecule has 0 radical (unpaired) electrons. The zero-order valence-electron chi connectivity index (χ0n) is 38.8. The van der Waals surface area contributed by atoms with Crippen LogP contribution in [0.1, 0.15) is 95.2 Å². The van der Waals surface area contributed by atoms with E-state index in [1.54, 1.807) is 20.8 Å². The van der Waals surface area contributed by atoms with Crippen molar-refractivity contribution < 1.29 is 53.2 Å². The van der Waals surface area contributed by atoms with Crippen LogP contribution in [0.25, 0.3) is 0 Å². The molecule has 18 nitrogen and oxygen atoms in total. The molecule has 0 heterocycles. The van der Waals surface area contributed by atoms with Gasteiger partial charge in [-0.3, -0.25) is 24.0 Å². The fourth-order valence-corrected chi connectivity index (χ4v) is 6.85. The zero-order valence-corrected chi connectivity index (χ0v) is 38.8. The summed E-state index contributed by atoms with van der Waals surface area (Å²) >= 11 is 0. The number of nitrogens with two attached hydrogens (primary N) is 1. The molecule has 1 unspecified atom stereocenters. The van der Waals surface area contributed by atoms with Gasteiger partial charge in [-0.25, -0.2) is 9.59 Å². The maximum absolute atomic E-state index is 14.0. The lowest BCUT2D eigenvalue weighted by atomic mass is 9.99. The summed E-state index contributed by atoms with van der Waals surface area (Å²) in [6, 6.07) is 23.6. The number of hydrogen-bond acceptors (Lipinski definition) is 11. The predicted molar refractivity (Wildman–Crippen MR) is 251 cm³/mol. The Labute approximate surface area is 392 Å². The molecule has 0 saturated heterocycles. The van der Waals surface area contributed by atoms with Gasteiger partial charge in [-0.1, -0.05) is 91.0 Å². The molecule has 6 amide bonds.